The van der Waals surface area contributed by atoms with E-state index < -0.39 is 23.5 Å². The summed E-state index contributed by atoms with van der Waals surface area (Å²) in [5.74, 6) is -0.491. The number of benzene rings is 1. The van der Waals surface area contributed by atoms with Crippen molar-refractivity contribution in [3.05, 3.63) is 58.5 Å². The van der Waals surface area contributed by atoms with Crippen LogP contribution < -0.4 is 16.3 Å². The van der Waals surface area contributed by atoms with Gasteiger partial charge in [-0.2, -0.15) is 17.9 Å². The minimum absolute atomic E-state index is 0.0137. The second-order valence-electron chi connectivity index (χ2n) is 8.53. The third-order valence-electron chi connectivity index (χ3n) is 6.09. The summed E-state index contributed by atoms with van der Waals surface area (Å²) in [6.45, 7) is 0. The Morgan fingerprint density at radius 2 is 1.94 bits per heavy atom. The van der Waals surface area contributed by atoms with Gasteiger partial charge in [0.2, 0.25) is 0 Å². The lowest BCUT2D eigenvalue weighted by atomic mass is 9.90. The number of hydrogen-bond acceptors (Lipinski definition) is 7. The topological polar surface area (TPSA) is 119 Å². The molecule has 0 bridgehead atoms. The van der Waals surface area contributed by atoms with Crippen molar-refractivity contribution in [2.45, 2.75) is 43.9 Å². The molecule has 2 N–H and O–H groups in total. The van der Waals surface area contributed by atoms with Gasteiger partial charge in [-0.05, 0) is 37.8 Å². The molecule has 0 unspecified atom stereocenters. The molecule has 0 saturated heterocycles. The number of imidazole rings is 1. The summed E-state index contributed by atoms with van der Waals surface area (Å²) < 4.78 is 42.4. The van der Waals surface area contributed by atoms with E-state index in [-0.39, 0.29) is 28.9 Å². The molecular formula is C22H21F3N8O2. The van der Waals surface area contributed by atoms with Crippen LogP contribution in [0.1, 0.15) is 41.9 Å². The third kappa shape index (κ3) is 4.40. The van der Waals surface area contributed by atoms with Crippen molar-refractivity contribution < 1.29 is 18.0 Å². The average molecular weight is 486 g/mol. The quantitative estimate of drug-likeness (QED) is 0.455. The van der Waals surface area contributed by atoms with Gasteiger partial charge in [0.1, 0.15) is 12.0 Å². The van der Waals surface area contributed by atoms with E-state index in [4.69, 9.17) is 0 Å². The Morgan fingerprint density at radius 3 is 2.74 bits per heavy atom. The van der Waals surface area contributed by atoms with Crippen LogP contribution in [-0.4, -0.2) is 47.4 Å². The predicted molar refractivity (Wildman–Crippen MR) is 120 cm³/mol. The molecule has 10 nitrogen and oxygen atoms in total. The maximum absolute atomic E-state index is 13.4. The van der Waals surface area contributed by atoms with Gasteiger partial charge in [-0.3, -0.25) is 4.79 Å². The zero-order valence-electron chi connectivity index (χ0n) is 18.6. The number of carbonyl (C=O) groups is 1. The van der Waals surface area contributed by atoms with Crippen LogP contribution in [0, 0.1) is 0 Å². The Bertz CT molecular complexity index is 1480. The first-order valence-corrected chi connectivity index (χ1v) is 11.0. The first-order chi connectivity index (χ1) is 16.7. The molecule has 1 aliphatic rings. The van der Waals surface area contributed by atoms with E-state index >= 15 is 0 Å². The van der Waals surface area contributed by atoms with Crippen LogP contribution in [0.15, 0.2) is 41.5 Å². The SMILES string of the molecule is Cn1nnc2c(C(=O)N[C@@H]3CCC[C@H](Nc4cc(C(F)(F)F)nc5ccccc45)C3)ncn2c1=O. The van der Waals surface area contributed by atoms with Gasteiger partial charge >= 0.3 is 11.9 Å². The number of hydrogen-bond donors (Lipinski definition) is 2. The van der Waals surface area contributed by atoms with Crippen molar-refractivity contribution >= 4 is 28.1 Å². The van der Waals surface area contributed by atoms with Gasteiger partial charge in [-0.15, -0.1) is 5.10 Å². The number of nitrogens with one attached hydrogen (secondary N) is 2. The lowest BCUT2D eigenvalue weighted by Gasteiger charge is -2.31. The fourth-order valence-electron chi connectivity index (χ4n) is 4.41. The summed E-state index contributed by atoms with van der Waals surface area (Å²) in [4.78, 5) is 32.8. The van der Waals surface area contributed by atoms with Crippen LogP contribution in [0.5, 0.6) is 0 Å². The molecule has 4 aromatic rings. The molecule has 1 fully saturated rings. The van der Waals surface area contributed by atoms with Crippen LogP contribution in [0.25, 0.3) is 16.6 Å². The summed E-state index contributed by atoms with van der Waals surface area (Å²) in [7, 11) is 1.44. The van der Waals surface area contributed by atoms with Gasteiger partial charge in [0.05, 0.1) is 5.52 Å². The maximum atomic E-state index is 13.4. The second kappa shape index (κ2) is 8.64. The molecule has 35 heavy (non-hydrogen) atoms. The largest absolute Gasteiger partial charge is 0.433 e. The standard InChI is InChI=1S/C22H21F3N8O2/c1-32-21(35)33-11-26-18(19(33)30-31-32)20(34)28-13-6-4-5-12(9-13)27-16-10-17(22(23,24)25)29-15-8-3-2-7-14(15)16/h2-3,7-8,10-13H,4-6,9H2,1H3,(H,27,29)(H,28,34)/t12-,13+/m0/s1. The van der Waals surface area contributed by atoms with Crippen LogP contribution in [-0.2, 0) is 13.2 Å². The number of amides is 1. The molecular weight excluding hydrogens is 465 g/mol. The first kappa shape index (κ1) is 22.7. The smallest absolute Gasteiger partial charge is 0.382 e. The van der Waals surface area contributed by atoms with Gasteiger partial charge in [-0.25, -0.2) is 19.2 Å². The fourth-order valence-corrected chi connectivity index (χ4v) is 4.41. The fraction of sp³-hybridized carbons (Fsp3) is 0.364. The van der Waals surface area contributed by atoms with Crippen molar-refractivity contribution in [3.63, 3.8) is 0 Å². The highest BCUT2D eigenvalue weighted by Crippen LogP contribution is 2.34. The molecule has 13 heteroatoms. The van der Waals surface area contributed by atoms with Gasteiger partial charge in [0.25, 0.3) is 5.91 Å². The lowest BCUT2D eigenvalue weighted by molar-refractivity contribution is -0.140. The highest BCUT2D eigenvalue weighted by atomic mass is 19.4. The molecule has 1 aromatic carbocycles. The third-order valence-corrected chi connectivity index (χ3v) is 6.09. The number of alkyl halides is 3. The number of aromatic nitrogens is 6. The van der Waals surface area contributed by atoms with E-state index in [0.717, 1.165) is 28.0 Å². The number of para-hydroxylation sites is 1. The molecule has 1 saturated carbocycles. The number of rotatable bonds is 4. The van der Waals surface area contributed by atoms with E-state index in [1.165, 1.54) is 13.4 Å². The van der Waals surface area contributed by atoms with E-state index in [2.05, 4.69) is 30.9 Å². The van der Waals surface area contributed by atoms with Crippen LogP contribution >= 0.6 is 0 Å². The van der Waals surface area contributed by atoms with Gasteiger partial charge in [0.15, 0.2) is 11.3 Å². The van der Waals surface area contributed by atoms with Crippen LogP contribution in [0.4, 0.5) is 18.9 Å². The summed E-state index contributed by atoms with van der Waals surface area (Å²) >= 11 is 0. The number of pyridine rings is 1. The van der Waals surface area contributed by atoms with Crippen LogP contribution in [0.3, 0.4) is 0 Å². The minimum atomic E-state index is -4.57. The number of carbonyl (C=O) groups excluding carboxylic acids is 1. The van der Waals surface area contributed by atoms with Crippen molar-refractivity contribution in [1.82, 2.24) is 34.7 Å². The highest BCUT2D eigenvalue weighted by molar-refractivity contribution is 5.98. The molecule has 0 spiro atoms. The molecule has 3 heterocycles. The molecule has 5 rings (SSSR count). The molecule has 2 atom stereocenters. The zero-order chi connectivity index (χ0) is 24.7. The van der Waals surface area contributed by atoms with Crippen molar-refractivity contribution in [2.75, 3.05) is 5.32 Å². The highest BCUT2D eigenvalue weighted by Gasteiger charge is 2.34. The number of fused-ring (bicyclic) bond motifs is 2. The van der Waals surface area contributed by atoms with E-state index in [0.29, 0.717) is 23.9 Å². The first-order valence-electron chi connectivity index (χ1n) is 11.0. The monoisotopic (exact) mass is 486 g/mol. The Labute approximate surface area is 196 Å². The number of halogens is 3. The van der Waals surface area contributed by atoms with Gasteiger partial charge < -0.3 is 10.6 Å². The Balaban J connectivity index is 1.34. The summed E-state index contributed by atoms with van der Waals surface area (Å²) in [5.41, 5.74) is -0.792. The van der Waals surface area contributed by atoms with E-state index in [9.17, 15) is 22.8 Å². The predicted octanol–water partition coefficient (Wildman–Crippen LogP) is 2.54. The molecule has 182 valence electrons. The molecule has 1 amide bonds. The lowest BCUT2D eigenvalue weighted by Crippen LogP contribution is -2.42. The Morgan fingerprint density at radius 1 is 1.17 bits per heavy atom. The van der Waals surface area contributed by atoms with Crippen molar-refractivity contribution in [3.8, 4) is 0 Å². The van der Waals surface area contributed by atoms with Gasteiger partial charge in [0, 0.05) is 30.2 Å². The molecule has 0 radical (unpaired) electrons. The molecule has 3 aromatic heterocycles. The Hall–Kier alpha value is -4.03. The second-order valence-corrected chi connectivity index (χ2v) is 8.53. The average Bonchev–Trinajstić information content (AvgIpc) is 3.26. The number of nitrogens with zero attached hydrogens (tertiary/aromatic N) is 6. The zero-order valence-corrected chi connectivity index (χ0v) is 18.6. The number of anilines is 1. The minimum Gasteiger partial charge on any atom is -0.382 e. The summed E-state index contributed by atoms with van der Waals surface area (Å²) in [6.07, 6.45) is -0.640. The molecule has 0 aliphatic heterocycles. The van der Waals surface area contributed by atoms with E-state index in [1.54, 1.807) is 24.3 Å². The normalized spacial score (nSPS) is 18.6. The van der Waals surface area contributed by atoms with Crippen LogP contribution in [0.2, 0.25) is 0 Å². The van der Waals surface area contributed by atoms with Crippen molar-refractivity contribution in [1.29, 1.82) is 0 Å². The van der Waals surface area contributed by atoms with E-state index in [1.807, 2.05) is 0 Å². The Kier molecular flexibility index (Phi) is 5.61. The summed E-state index contributed by atoms with van der Waals surface area (Å²) in [5, 5.41) is 14.3. The molecule has 1 aliphatic carbocycles. The maximum Gasteiger partial charge on any atom is 0.433 e. The summed E-state index contributed by atoms with van der Waals surface area (Å²) in [6, 6.07) is 7.30. The van der Waals surface area contributed by atoms with Crippen molar-refractivity contribution in [2.24, 2.45) is 7.05 Å². The number of aryl methyl sites for hydroxylation is 1. The van der Waals surface area contributed by atoms with Gasteiger partial charge in [-0.1, -0.05) is 23.4 Å².